The van der Waals surface area contributed by atoms with Crippen LogP contribution in [0.15, 0.2) is 12.3 Å². The summed E-state index contributed by atoms with van der Waals surface area (Å²) in [4.78, 5) is 66.9. The van der Waals surface area contributed by atoms with E-state index in [2.05, 4.69) is 26.2 Å². The molecule has 0 aromatic carbocycles. The smallest absolute Gasteiger partial charge is 0.463 e. The molecule has 13 heteroatoms. The monoisotopic (exact) mass is 586 g/mol. The van der Waals surface area contributed by atoms with E-state index in [9.17, 15) is 24.0 Å². The highest BCUT2D eigenvalue weighted by atomic mass is 79.9. The number of nitrogens with one attached hydrogen (secondary N) is 1. The zero-order valence-electron chi connectivity index (χ0n) is 21.3. The molecule has 1 saturated heterocycles. The van der Waals surface area contributed by atoms with Crippen molar-refractivity contribution in [3.8, 4) is 5.75 Å². The third-order valence-electron chi connectivity index (χ3n) is 5.41. The van der Waals surface area contributed by atoms with E-state index in [1.165, 1.54) is 19.2 Å². The van der Waals surface area contributed by atoms with Gasteiger partial charge in [0.15, 0.2) is 23.6 Å². The molecular weight excluding hydrogens is 556 g/mol. The number of esters is 3. The molecule has 1 amide bonds. The number of nitrogens with zero attached hydrogens (tertiary/aromatic N) is 1. The van der Waals surface area contributed by atoms with Crippen LogP contribution in [0.25, 0.3) is 0 Å². The van der Waals surface area contributed by atoms with Gasteiger partial charge in [0, 0.05) is 11.5 Å². The van der Waals surface area contributed by atoms with E-state index in [-0.39, 0.29) is 24.5 Å². The number of pyridine rings is 1. The number of aromatic nitrogens is 1. The first kappa shape index (κ1) is 30.0. The molecule has 204 valence electrons. The number of halogens is 1. The van der Waals surface area contributed by atoms with E-state index in [0.717, 1.165) is 0 Å². The fourth-order valence-corrected chi connectivity index (χ4v) is 3.54. The van der Waals surface area contributed by atoms with Crippen molar-refractivity contribution in [2.24, 2.45) is 11.8 Å². The number of amides is 1. The molecule has 2 heterocycles. The molecule has 1 aliphatic rings. The van der Waals surface area contributed by atoms with Gasteiger partial charge in [0.05, 0.1) is 11.8 Å². The summed E-state index contributed by atoms with van der Waals surface area (Å²) < 4.78 is 26.3. The lowest BCUT2D eigenvalue weighted by atomic mass is 9.95. The average Bonchev–Trinajstić information content (AvgIpc) is 2.88. The first-order chi connectivity index (χ1) is 17.5. The number of carbonyl (C=O) groups is 5. The molecule has 0 aliphatic carbocycles. The van der Waals surface area contributed by atoms with Crippen molar-refractivity contribution in [2.45, 2.75) is 59.3 Å². The van der Waals surface area contributed by atoms with E-state index < -0.39 is 66.7 Å². The van der Waals surface area contributed by atoms with E-state index in [1.807, 2.05) is 0 Å². The summed E-state index contributed by atoms with van der Waals surface area (Å²) in [6.07, 6.45) is -1.54. The van der Waals surface area contributed by atoms with Gasteiger partial charge in [0.25, 0.3) is 5.91 Å². The highest BCUT2D eigenvalue weighted by Gasteiger charge is 2.41. The van der Waals surface area contributed by atoms with Crippen LogP contribution in [0.5, 0.6) is 5.75 Å². The lowest BCUT2D eigenvalue weighted by molar-refractivity contribution is -0.176. The second-order valence-electron chi connectivity index (χ2n) is 8.56. The van der Waals surface area contributed by atoms with Gasteiger partial charge in [-0.05, 0) is 31.9 Å². The summed E-state index contributed by atoms with van der Waals surface area (Å²) in [5, 5.41) is 2.80. The van der Waals surface area contributed by atoms with Crippen LogP contribution in [0, 0.1) is 18.8 Å². The van der Waals surface area contributed by atoms with Gasteiger partial charge in [0.1, 0.15) is 19.3 Å². The Bertz CT molecular complexity index is 1020. The topological polar surface area (TPSA) is 156 Å². The summed E-state index contributed by atoms with van der Waals surface area (Å²) in [6.45, 7) is 7.57. The van der Waals surface area contributed by atoms with Gasteiger partial charge in [-0.3, -0.25) is 14.4 Å². The number of rotatable bonds is 8. The number of hydrogen-bond acceptors (Lipinski definition) is 11. The Morgan fingerprint density at radius 3 is 2.57 bits per heavy atom. The SMILES string of the molecule is CC[C@H]1C(=O)OC[C@H](NC(=O)c2nccc(C)c2OC(=O)OCCBr)C(=O)O[C@@H](C)[C@@H]1OC(=O)C(C)C. The van der Waals surface area contributed by atoms with Crippen LogP contribution in [0.4, 0.5) is 4.79 Å². The van der Waals surface area contributed by atoms with Crippen molar-refractivity contribution in [2.75, 3.05) is 18.5 Å². The minimum atomic E-state index is -1.41. The zero-order valence-corrected chi connectivity index (χ0v) is 22.9. The van der Waals surface area contributed by atoms with Crippen LogP contribution in [0.2, 0.25) is 0 Å². The van der Waals surface area contributed by atoms with E-state index in [1.54, 1.807) is 27.7 Å². The van der Waals surface area contributed by atoms with Gasteiger partial charge in [-0.2, -0.15) is 0 Å². The summed E-state index contributed by atoms with van der Waals surface area (Å²) in [5.41, 5.74) is 0.117. The maximum absolute atomic E-state index is 13.0. The van der Waals surface area contributed by atoms with Crippen LogP contribution in [-0.4, -0.2) is 71.7 Å². The first-order valence-electron chi connectivity index (χ1n) is 11.7. The molecule has 2 rings (SSSR count). The number of ether oxygens (including phenoxy) is 5. The van der Waals surface area contributed by atoms with Crippen LogP contribution >= 0.6 is 15.9 Å². The Hall–Kier alpha value is -3.22. The third kappa shape index (κ3) is 8.14. The summed E-state index contributed by atoms with van der Waals surface area (Å²) in [5.74, 6) is -4.57. The summed E-state index contributed by atoms with van der Waals surface area (Å²) >= 11 is 3.12. The second-order valence-corrected chi connectivity index (χ2v) is 9.36. The van der Waals surface area contributed by atoms with Crippen LogP contribution in [-0.2, 0) is 33.3 Å². The summed E-state index contributed by atoms with van der Waals surface area (Å²) in [7, 11) is 0. The first-order valence-corrected chi connectivity index (χ1v) is 12.9. The van der Waals surface area contributed by atoms with Crippen molar-refractivity contribution < 1.29 is 47.7 Å². The van der Waals surface area contributed by atoms with Crippen LogP contribution < -0.4 is 10.1 Å². The maximum Gasteiger partial charge on any atom is 0.513 e. The molecule has 1 N–H and O–H groups in total. The molecule has 0 spiro atoms. The van der Waals surface area contributed by atoms with E-state index >= 15 is 0 Å². The van der Waals surface area contributed by atoms with Crippen LogP contribution in [0.1, 0.15) is 50.2 Å². The van der Waals surface area contributed by atoms with Gasteiger partial charge in [-0.15, -0.1) is 0 Å². The van der Waals surface area contributed by atoms with Crippen molar-refractivity contribution in [3.63, 3.8) is 0 Å². The Morgan fingerprint density at radius 2 is 1.95 bits per heavy atom. The van der Waals surface area contributed by atoms with Crippen molar-refractivity contribution in [1.29, 1.82) is 0 Å². The lowest BCUT2D eigenvalue weighted by Crippen LogP contribution is -2.47. The second kappa shape index (κ2) is 13.9. The standard InChI is InChI=1S/C24H31BrN2O10/c1-6-15-19(36-21(29)12(2)3)14(5)35-23(31)16(11-34-22(15)30)27-20(28)17-18(13(4)7-9-26-17)37-24(32)33-10-8-25/h7,9,12,14-16,19H,6,8,10-11H2,1-5H3,(H,27,28)/t14-,15+,16-,19-/m0/s1. The minimum Gasteiger partial charge on any atom is -0.463 e. The minimum absolute atomic E-state index is 0.0450. The van der Waals surface area contributed by atoms with Gasteiger partial charge in [-0.25, -0.2) is 14.6 Å². The number of alkyl halides is 1. The van der Waals surface area contributed by atoms with Crippen molar-refractivity contribution >= 4 is 45.9 Å². The van der Waals surface area contributed by atoms with Gasteiger partial charge >= 0.3 is 24.1 Å². The fraction of sp³-hybridized carbons (Fsp3) is 0.583. The molecule has 1 aromatic rings. The van der Waals surface area contributed by atoms with Crippen LogP contribution in [0.3, 0.4) is 0 Å². The molecule has 0 unspecified atom stereocenters. The molecule has 1 fully saturated rings. The molecule has 4 atom stereocenters. The number of hydrogen-bond donors (Lipinski definition) is 1. The van der Waals surface area contributed by atoms with E-state index in [0.29, 0.717) is 10.9 Å². The lowest BCUT2D eigenvalue weighted by Gasteiger charge is -2.29. The third-order valence-corrected chi connectivity index (χ3v) is 5.73. The molecule has 37 heavy (non-hydrogen) atoms. The molecule has 1 aromatic heterocycles. The maximum atomic E-state index is 13.0. The van der Waals surface area contributed by atoms with Gasteiger partial charge < -0.3 is 29.0 Å². The summed E-state index contributed by atoms with van der Waals surface area (Å²) in [6, 6.07) is 0.108. The van der Waals surface area contributed by atoms with Gasteiger partial charge in [-0.1, -0.05) is 36.7 Å². The van der Waals surface area contributed by atoms with Gasteiger partial charge in [0.2, 0.25) is 0 Å². The predicted molar refractivity (Wildman–Crippen MR) is 131 cm³/mol. The fourth-order valence-electron chi connectivity index (χ4n) is 3.38. The molecule has 1 aliphatic heterocycles. The quantitative estimate of drug-likeness (QED) is 0.271. The number of carbonyl (C=O) groups excluding carboxylic acids is 5. The molecule has 0 bridgehead atoms. The Kier molecular flexibility index (Phi) is 11.3. The largest absolute Gasteiger partial charge is 0.513 e. The normalized spacial score (nSPS) is 22.0. The zero-order chi connectivity index (χ0) is 27.7. The molecule has 12 nitrogen and oxygen atoms in total. The average molecular weight is 587 g/mol. The Balaban J connectivity index is 2.26. The highest BCUT2D eigenvalue weighted by Crippen LogP contribution is 2.25. The van der Waals surface area contributed by atoms with Crippen molar-refractivity contribution in [3.05, 3.63) is 23.5 Å². The number of cyclic esters (lactones) is 2. The number of aryl methyl sites for hydroxylation is 1. The predicted octanol–water partition coefficient (Wildman–Crippen LogP) is 2.48. The molecule has 0 saturated carbocycles. The van der Waals surface area contributed by atoms with E-state index in [4.69, 9.17) is 23.7 Å². The molecule has 0 radical (unpaired) electrons. The molecular formula is C24H31BrN2O10. The highest BCUT2D eigenvalue weighted by molar-refractivity contribution is 9.09. The Morgan fingerprint density at radius 1 is 1.24 bits per heavy atom. The van der Waals surface area contributed by atoms with Crippen molar-refractivity contribution in [1.82, 2.24) is 10.3 Å². The Labute approximate surface area is 222 Å².